The Morgan fingerprint density at radius 2 is 2.42 bits per heavy atom. The average Bonchev–Trinajstić information content (AvgIpc) is 2.75. The summed E-state index contributed by atoms with van der Waals surface area (Å²) < 4.78 is 5.29. The van der Waals surface area contributed by atoms with Gasteiger partial charge >= 0.3 is 0 Å². The molecule has 2 N–H and O–H groups in total. The Bertz CT molecular complexity index is 354. The molecule has 0 aliphatic rings. The quantitative estimate of drug-likeness (QED) is 0.757. The maximum atomic E-state index is 5.36. The predicted octanol–water partition coefficient (Wildman–Crippen LogP) is 1.26. The molecule has 2 heterocycles. The first-order valence-electron chi connectivity index (χ1n) is 3.43. The molecule has 2 aromatic heterocycles. The third-order valence-corrected chi connectivity index (χ3v) is 1.99. The number of hydrogen-bond donors (Lipinski definition) is 1. The van der Waals surface area contributed by atoms with Crippen molar-refractivity contribution in [3.8, 4) is 11.6 Å². The van der Waals surface area contributed by atoms with Crippen molar-refractivity contribution < 1.29 is 4.42 Å². The Balaban J connectivity index is 2.35. The highest BCUT2D eigenvalue weighted by Gasteiger charge is 2.06. The third kappa shape index (κ3) is 1.24. The SMILES string of the molecule is NCc1cnc(-c2cscn2)o1. The lowest BCUT2D eigenvalue weighted by Crippen LogP contribution is -1.92. The van der Waals surface area contributed by atoms with Crippen molar-refractivity contribution in [2.24, 2.45) is 5.73 Å². The zero-order chi connectivity index (χ0) is 8.39. The van der Waals surface area contributed by atoms with Gasteiger partial charge in [-0.3, -0.25) is 0 Å². The molecule has 0 saturated heterocycles. The van der Waals surface area contributed by atoms with E-state index in [1.54, 1.807) is 11.7 Å². The van der Waals surface area contributed by atoms with E-state index in [0.717, 1.165) is 5.69 Å². The maximum Gasteiger partial charge on any atom is 0.246 e. The van der Waals surface area contributed by atoms with Crippen LogP contribution in [0.4, 0.5) is 0 Å². The molecule has 0 radical (unpaired) electrons. The van der Waals surface area contributed by atoms with Crippen molar-refractivity contribution in [2.75, 3.05) is 0 Å². The van der Waals surface area contributed by atoms with Crippen LogP contribution in [0.15, 0.2) is 21.5 Å². The number of thiazole rings is 1. The van der Waals surface area contributed by atoms with Crippen LogP contribution in [0.2, 0.25) is 0 Å². The first-order valence-corrected chi connectivity index (χ1v) is 4.38. The lowest BCUT2D eigenvalue weighted by molar-refractivity contribution is 0.519. The van der Waals surface area contributed by atoms with Crippen LogP contribution in [0.25, 0.3) is 11.6 Å². The van der Waals surface area contributed by atoms with Crippen LogP contribution in [0.5, 0.6) is 0 Å². The van der Waals surface area contributed by atoms with Gasteiger partial charge in [-0.2, -0.15) is 0 Å². The minimum absolute atomic E-state index is 0.372. The molecule has 5 heteroatoms. The Hall–Kier alpha value is -1.20. The van der Waals surface area contributed by atoms with E-state index in [1.807, 2.05) is 5.38 Å². The zero-order valence-electron chi connectivity index (χ0n) is 6.23. The summed E-state index contributed by atoms with van der Waals surface area (Å²) in [7, 11) is 0. The Labute approximate surface area is 73.1 Å². The summed E-state index contributed by atoms with van der Waals surface area (Å²) >= 11 is 1.51. The molecule has 2 aromatic rings. The fourth-order valence-corrected chi connectivity index (χ4v) is 1.36. The molecule has 12 heavy (non-hydrogen) atoms. The van der Waals surface area contributed by atoms with Crippen LogP contribution < -0.4 is 5.73 Å². The molecule has 0 aliphatic heterocycles. The van der Waals surface area contributed by atoms with Crippen molar-refractivity contribution in [1.29, 1.82) is 0 Å². The lowest BCUT2D eigenvalue weighted by atomic mass is 10.5. The predicted molar refractivity (Wildman–Crippen MR) is 45.5 cm³/mol. The van der Waals surface area contributed by atoms with Gasteiger partial charge in [0, 0.05) is 5.38 Å². The topological polar surface area (TPSA) is 64.9 Å². The second-order valence-electron chi connectivity index (χ2n) is 2.21. The molecule has 0 spiro atoms. The largest absolute Gasteiger partial charge is 0.439 e. The van der Waals surface area contributed by atoms with Crippen LogP contribution in [0.3, 0.4) is 0 Å². The number of rotatable bonds is 2. The third-order valence-electron chi connectivity index (χ3n) is 1.41. The van der Waals surface area contributed by atoms with Crippen molar-refractivity contribution in [3.63, 3.8) is 0 Å². The van der Waals surface area contributed by atoms with E-state index in [2.05, 4.69) is 9.97 Å². The first-order chi connectivity index (χ1) is 5.90. The molecule has 0 atom stereocenters. The molecule has 2 rings (SSSR count). The van der Waals surface area contributed by atoms with Crippen LogP contribution in [0, 0.1) is 0 Å². The molecule has 0 fully saturated rings. The van der Waals surface area contributed by atoms with Crippen molar-refractivity contribution in [1.82, 2.24) is 9.97 Å². The second-order valence-corrected chi connectivity index (χ2v) is 2.93. The van der Waals surface area contributed by atoms with Crippen LogP contribution in [0.1, 0.15) is 5.76 Å². The Morgan fingerprint density at radius 1 is 1.50 bits per heavy atom. The van der Waals surface area contributed by atoms with Crippen molar-refractivity contribution >= 4 is 11.3 Å². The highest BCUT2D eigenvalue weighted by Crippen LogP contribution is 2.17. The molecule has 4 nitrogen and oxygen atoms in total. The van der Waals surface area contributed by atoms with Gasteiger partial charge in [0.15, 0.2) is 0 Å². The molecule has 0 unspecified atom stereocenters. The van der Waals surface area contributed by atoms with Gasteiger partial charge in [0.2, 0.25) is 5.89 Å². The van der Waals surface area contributed by atoms with Crippen molar-refractivity contribution in [2.45, 2.75) is 6.54 Å². The first kappa shape index (κ1) is 7.45. The fourth-order valence-electron chi connectivity index (χ4n) is 0.838. The van der Waals surface area contributed by atoms with Gasteiger partial charge in [-0.25, -0.2) is 9.97 Å². The van der Waals surface area contributed by atoms with E-state index in [1.165, 1.54) is 11.3 Å². The molecule has 0 amide bonds. The van der Waals surface area contributed by atoms with E-state index in [9.17, 15) is 0 Å². The van der Waals surface area contributed by atoms with Gasteiger partial charge in [0.1, 0.15) is 11.5 Å². The molecule has 0 saturated carbocycles. The molecular weight excluding hydrogens is 174 g/mol. The number of oxazole rings is 1. The van der Waals surface area contributed by atoms with Gasteiger partial charge in [0.05, 0.1) is 18.3 Å². The van der Waals surface area contributed by atoms with Crippen LogP contribution in [-0.2, 0) is 6.54 Å². The average molecular weight is 181 g/mol. The highest BCUT2D eigenvalue weighted by atomic mass is 32.1. The monoisotopic (exact) mass is 181 g/mol. The highest BCUT2D eigenvalue weighted by molar-refractivity contribution is 7.07. The van der Waals surface area contributed by atoms with Gasteiger partial charge in [-0.1, -0.05) is 0 Å². The second kappa shape index (κ2) is 3.04. The minimum atomic E-state index is 0.372. The maximum absolute atomic E-state index is 5.36. The fraction of sp³-hybridized carbons (Fsp3) is 0.143. The lowest BCUT2D eigenvalue weighted by Gasteiger charge is -1.86. The number of hydrogen-bond acceptors (Lipinski definition) is 5. The summed E-state index contributed by atoms with van der Waals surface area (Å²) in [4.78, 5) is 8.08. The summed E-state index contributed by atoms with van der Waals surface area (Å²) in [6, 6.07) is 0. The van der Waals surface area contributed by atoms with E-state index in [4.69, 9.17) is 10.2 Å². The Kier molecular flexibility index (Phi) is 1.89. The molecule has 62 valence electrons. The summed E-state index contributed by atoms with van der Waals surface area (Å²) in [6.07, 6.45) is 1.62. The smallest absolute Gasteiger partial charge is 0.246 e. The van der Waals surface area contributed by atoms with E-state index >= 15 is 0 Å². The number of aromatic nitrogens is 2. The van der Waals surface area contributed by atoms with Gasteiger partial charge in [-0.15, -0.1) is 11.3 Å². The Morgan fingerprint density at radius 3 is 3.00 bits per heavy atom. The summed E-state index contributed by atoms with van der Waals surface area (Å²) in [5, 5.41) is 1.88. The summed E-state index contributed by atoms with van der Waals surface area (Å²) in [5.41, 5.74) is 7.87. The number of nitrogens with zero attached hydrogens (tertiary/aromatic N) is 2. The summed E-state index contributed by atoms with van der Waals surface area (Å²) in [5.74, 6) is 1.22. The molecule has 0 aliphatic carbocycles. The summed E-state index contributed by atoms with van der Waals surface area (Å²) in [6.45, 7) is 0.372. The normalized spacial score (nSPS) is 10.4. The minimum Gasteiger partial charge on any atom is -0.439 e. The van der Waals surface area contributed by atoms with Gasteiger partial charge in [0.25, 0.3) is 0 Å². The van der Waals surface area contributed by atoms with Crippen LogP contribution >= 0.6 is 11.3 Å². The van der Waals surface area contributed by atoms with Crippen molar-refractivity contribution in [3.05, 3.63) is 22.8 Å². The molecule has 0 aromatic carbocycles. The van der Waals surface area contributed by atoms with Crippen LogP contribution in [-0.4, -0.2) is 9.97 Å². The standard InChI is InChI=1S/C7H7N3OS/c8-1-5-2-9-7(11-5)6-3-12-4-10-6/h2-4H,1,8H2. The van der Waals surface area contributed by atoms with Gasteiger partial charge < -0.3 is 10.2 Å². The van der Waals surface area contributed by atoms with Gasteiger partial charge in [-0.05, 0) is 0 Å². The molecule has 0 bridgehead atoms. The molecular formula is C7H7N3OS. The zero-order valence-corrected chi connectivity index (χ0v) is 7.04. The van der Waals surface area contributed by atoms with E-state index < -0.39 is 0 Å². The van der Waals surface area contributed by atoms with E-state index in [-0.39, 0.29) is 0 Å². The van der Waals surface area contributed by atoms with E-state index in [0.29, 0.717) is 18.2 Å². The number of nitrogens with two attached hydrogens (primary N) is 1.